The number of hydrogen-bond donors (Lipinski definition) is 0. The summed E-state index contributed by atoms with van der Waals surface area (Å²) in [5.41, 5.74) is 2.24. The lowest BCUT2D eigenvalue weighted by atomic mass is 10.3. The predicted molar refractivity (Wildman–Crippen MR) is 158 cm³/mol. The van der Waals surface area contributed by atoms with E-state index in [0.717, 1.165) is 15.1 Å². The Kier molecular flexibility index (Phi) is 10.3. The SMILES string of the molecule is C#Cc1ncccn1.Fc1ccc(-n2ccc(C#Cc3ncccn3)n2)cc1.Fc1ccc(-n2ccc(I)n2)cc1. The Bertz CT molecular complexity index is 1770. The van der Waals surface area contributed by atoms with Gasteiger partial charge in [-0.25, -0.2) is 38.1 Å². The van der Waals surface area contributed by atoms with Crippen LogP contribution in [0.2, 0.25) is 0 Å². The fourth-order valence-electron chi connectivity index (χ4n) is 3.02. The maximum Gasteiger partial charge on any atom is 0.205 e. The molecule has 4 heterocycles. The molecular formula is C30H19F2IN8. The molecule has 0 bridgehead atoms. The van der Waals surface area contributed by atoms with Crippen molar-refractivity contribution in [1.82, 2.24) is 39.5 Å². The van der Waals surface area contributed by atoms with Crippen LogP contribution in [-0.4, -0.2) is 39.5 Å². The highest BCUT2D eigenvalue weighted by molar-refractivity contribution is 14.1. The highest BCUT2D eigenvalue weighted by Gasteiger charge is 2.00. The van der Waals surface area contributed by atoms with E-state index in [2.05, 4.69) is 70.5 Å². The largest absolute Gasteiger partial charge is 0.240 e. The standard InChI is InChI=1S/C15H9FN4.C9H6FIN2.C6H4N2/c16-12-2-5-14(6-3-12)20-11-8-13(19-20)4-7-15-17-9-1-10-18-15;10-7-1-3-8(4-2-7)13-6-5-9(11)12-13;1-2-6-7-4-3-5-8-6/h1-3,5-6,8-11H;1-6H;1,3-5H. The summed E-state index contributed by atoms with van der Waals surface area (Å²) < 4.78 is 29.7. The van der Waals surface area contributed by atoms with Crippen molar-refractivity contribution in [3.8, 4) is 35.6 Å². The maximum absolute atomic E-state index is 12.9. The summed E-state index contributed by atoms with van der Waals surface area (Å²) in [6, 6.07) is 19.4. The normalized spacial score (nSPS) is 9.61. The zero-order valence-corrected chi connectivity index (χ0v) is 23.3. The van der Waals surface area contributed by atoms with Crippen LogP contribution in [0.4, 0.5) is 8.78 Å². The Labute approximate surface area is 248 Å². The van der Waals surface area contributed by atoms with Crippen LogP contribution in [-0.2, 0) is 0 Å². The van der Waals surface area contributed by atoms with Crippen LogP contribution in [0.3, 0.4) is 0 Å². The first kappa shape index (κ1) is 28.7. The highest BCUT2D eigenvalue weighted by Crippen LogP contribution is 2.10. The average molecular weight is 656 g/mol. The number of rotatable bonds is 2. The van der Waals surface area contributed by atoms with Crippen molar-refractivity contribution in [1.29, 1.82) is 0 Å². The zero-order chi connectivity index (χ0) is 28.9. The minimum atomic E-state index is -0.276. The first-order valence-corrected chi connectivity index (χ1v) is 12.9. The minimum Gasteiger partial charge on any atom is -0.240 e. The van der Waals surface area contributed by atoms with Gasteiger partial charge in [0.25, 0.3) is 0 Å². The van der Waals surface area contributed by atoms with Gasteiger partial charge in [-0.2, -0.15) is 10.2 Å². The number of halogens is 3. The minimum absolute atomic E-state index is 0.231. The van der Waals surface area contributed by atoms with E-state index in [9.17, 15) is 8.78 Å². The lowest BCUT2D eigenvalue weighted by Crippen LogP contribution is -1.95. The molecule has 0 saturated heterocycles. The van der Waals surface area contributed by atoms with E-state index in [1.807, 2.05) is 12.3 Å². The van der Waals surface area contributed by atoms with Gasteiger partial charge >= 0.3 is 0 Å². The van der Waals surface area contributed by atoms with Gasteiger partial charge in [-0.3, -0.25) is 0 Å². The summed E-state index contributed by atoms with van der Waals surface area (Å²) in [5, 5.41) is 8.48. The fourth-order valence-corrected chi connectivity index (χ4v) is 3.42. The summed E-state index contributed by atoms with van der Waals surface area (Å²) in [4.78, 5) is 15.5. The number of benzene rings is 2. The lowest BCUT2D eigenvalue weighted by molar-refractivity contribution is 0.626. The number of nitrogens with zero attached hydrogens (tertiary/aromatic N) is 8. The number of terminal acetylenes is 1. The van der Waals surface area contributed by atoms with Crippen molar-refractivity contribution in [3.05, 3.63) is 143 Å². The fraction of sp³-hybridized carbons (Fsp3) is 0. The van der Waals surface area contributed by atoms with Gasteiger partial charge in [0.2, 0.25) is 11.6 Å². The van der Waals surface area contributed by atoms with Gasteiger partial charge in [0.05, 0.1) is 11.4 Å². The third kappa shape index (κ3) is 9.16. The number of hydrogen-bond acceptors (Lipinski definition) is 6. The third-order valence-corrected chi connectivity index (χ3v) is 5.47. The summed E-state index contributed by atoms with van der Waals surface area (Å²) in [6.07, 6.45) is 15.1. The van der Waals surface area contributed by atoms with Crippen LogP contribution in [0.25, 0.3) is 11.4 Å². The van der Waals surface area contributed by atoms with Gasteiger partial charge in [0.1, 0.15) is 21.0 Å². The van der Waals surface area contributed by atoms with Crippen molar-refractivity contribution in [2.24, 2.45) is 0 Å². The van der Waals surface area contributed by atoms with E-state index in [1.54, 1.807) is 82.8 Å². The molecule has 0 atom stereocenters. The van der Waals surface area contributed by atoms with E-state index in [-0.39, 0.29) is 11.6 Å². The monoisotopic (exact) mass is 656 g/mol. The highest BCUT2D eigenvalue weighted by atomic mass is 127. The van der Waals surface area contributed by atoms with Crippen molar-refractivity contribution >= 4 is 22.6 Å². The smallest absolute Gasteiger partial charge is 0.205 e. The number of aromatic nitrogens is 8. The van der Waals surface area contributed by atoms with Crippen LogP contribution < -0.4 is 0 Å². The van der Waals surface area contributed by atoms with Gasteiger partial charge in [-0.05, 0) is 113 Å². The Morgan fingerprint density at radius 1 is 0.610 bits per heavy atom. The van der Waals surface area contributed by atoms with Crippen molar-refractivity contribution in [2.45, 2.75) is 0 Å². The molecule has 0 amide bonds. The molecule has 6 rings (SSSR count). The molecule has 41 heavy (non-hydrogen) atoms. The summed E-state index contributed by atoms with van der Waals surface area (Å²) in [7, 11) is 0. The summed E-state index contributed by atoms with van der Waals surface area (Å²) in [5.74, 6) is 8.39. The van der Waals surface area contributed by atoms with Crippen LogP contribution >= 0.6 is 22.6 Å². The van der Waals surface area contributed by atoms with Crippen LogP contribution in [0.15, 0.2) is 110 Å². The summed E-state index contributed by atoms with van der Waals surface area (Å²) in [6.45, 7) is 0. The first-order chi connectivity index (χ1) is 20.0. The van der Waals surface area contributed by atoms with Crippen LogP contribution in [0, 0.1) is 39.5 Å². The van der Waals surface area contributed by atoms with Gasteiger partial charge in [-0.15, -0.1) is 6.42 Å². The third-order valence-electron chi connectivity index (χ3n) is 4.89. The van der Waals surface area contributed by atoms with Gasteiger partial charge in [0, 0.05) is 37.2 Å². The van der Waals surface area contributed by atoms with Gasteiger partial charge in [0.15, 0.2) is 0 Å². The Balaban J connectivity index is 0.000000158. The van der Waals surface area contributed by atoms with E-state index in [1.165, 1.54) is 24.3 Å². The molecule has 4 aromatic heterocycles. The van der Waals surface area contributed by atoms with E-state index in [0.29, 0.717) is 17.3 Å². The molecule has 0 aliphatic rings. The molecule has 0 aliphatic carbocycles. The average Bonchev–Trinajstić information content (AvgIpc) is 3.68. The Morgan fingerprint density at radius 2 is 1.10 bits per heavy atom. The second kappa shape index (κ2) is 14.8. The molecule has 0 N–H and O–H groups in total. The quantitative estimate of drug-likeness (QED) is 0.187. The van der Waals surface area contributed by atoms with Crippen molar-refractivity contribution in [3.63, 3.8) is 0 Å². The van der Waals surface area contributed by atoms with Crippen LogP contribution in [0.1, 0.15) is 17.3 Å². The van der Waals surface area contributed by atoms with Crippen molar-refractivity contribution in [2.75, 3.05) is 0 Å². The molecule has 0 unspecified atom stereocenters. The van der Waals surface area contributed by atoms with Crippen molar-refractivity contribution < 1.29 is 8.78 Å². The van der Waals surface area contributed by atoms with Crippen LogP contribution in [0.5, 0.6) is 0 Å². The maximum atomic E-state index is 12.9. The molecule has 0 aliphatic heterocycles. The molecule has 0 fully saturated rings. The predicted octanol–water partition coefficient (Wildman–Crippen LogP) is 5.28. The summed E-state index contributed by atoms with van der Waals surface area (Å²) >= 11 is 2.13. The molecule has 11 heteroatoms. The molecule has 8 nitrogen and oxygen atoms in total. The molecule has 0 spiro atoms. The Morgan fingerprint density at radius 3 is 1.56 bits per heavy atom. The first-order valence-electron chi connectivity index (χ1n) is 11.8. The van der Waals surface area contributed by atoms with Gasteiger partial charge < -0.3 is 0 Å². The molecular weight excluding hydrogens is 637 g/mol. The van der Waals surface area contributed by atoms with E-state index in [4.69, 9.17) is 6.42 Å². The molecule has 6 aromatic rings. The second-order valence-electron chi connectivity index (χ2n) is 7.72. The Hall–Kier alpha value is -5.27. The topological polar surface area (TPSA) is 87.2 Å². The second-order valence-corrected chi connectivity index (χ2v) is 8.83. The van der Waals surface area contributed by atoms with E-state index < -0.39 is 0 Å². The molecule has 2 aromatic carbocycles. The zero-order valence-electron chi connectivity index (χ0n) is 21.2. The van der Waals surface area contributed by atoms with E-state index >= 15 is 0 Å². The lowest BCUT2D eigenvalue weighted by Gasteiger charge is -1.99. The molecule has 0 radical (unpaired) electrons. The van der Waals surface area contributed by atoms with Gasteiger partial charge in [-0.1, -0.05) is 0 Å². The molecule has 200 valence electrons. The molecule has 0 saturated carbocycles.